The number of likely N-dealkylation sites (tertiary alicyclic amines) is 1. The number of carbonyl (C=O) groups excluding carboxylic acids is 1. The maximum atomic E-state index is 12.9. The minimum absolute atomic E-state index is 0.0232. The molecule has 3 heterocycles. The third kappa shape index (κ3) is 3.35. The van der Waals surface area contributed by atoms with Crippen molar-refractivity contribution >= 4 is 17.1 Å². The lowest BCUT2D eigenvalue weighted by atomic mass is 9.94. The Balaban J connectivity index is 1.42. The Morgan fingerprint density at radius 3 is 2.57 bits per heavy atom. The number of fused-ring (bicyclic) bond motifs is 1. The maximum absolute atomic E-state index is 12.9. The quantitative estimate of drug-likeness (QED) is 0.701. The van der Waals surface area contributed by atoms with E-state index in [4.69, 9.17) is 0 Å². The Morgan fingerprint density at radius 2 is 1.86 bits per heavy atom. The fourth-order valence-electron chi connectivity index (χ4n) is 4.15. The average Bonchev–Trinajstić information content (AvgIpc) is 2.99. The van der Waals surface area contributed by atoms with Gasteiger partial charge in [-0.15, -0.1) is 0 Å². The number of nitrogens with zero attached hydrogens (tertiary/aromatic N) is 4. The van der Waals surface area contributed by atoms with Crippen LogP contribution in [0.3, 0.4) is 0 Å². The van der Waals surface area contributed by atoms with Gasteiger partial charge in [-0.3, -0.25) is 13.9 Å². The Labute approximate surface area is 164 Å². The predicted molar refractivity (Wildman–Crippen MR) is 109 cm³/mol. The van der Waals surface area contributed by atoms with Crippen LogP contribution >= 0.6 is 0 Å². The molecule has 1 fully saturated rings. The molecule has 0 saturated carbocycles. The summed E-state index contributed by atoms with van der Waals surface area (Å²) in [6.07, 6.45) is 3.54. The summed E-state index contributed by atoms with van der Waals surface area (Å²) in [5, 5.41) is 0. The first kappa shape index (κ1) is 18.5. The zero-order chi connectivity index (χ0) is 19.7. The second-order valence-electron chi connectivity index (χ2n) is 7.70. The van der Waals surface area contributed by atoms with E-state index in [1.165, 1.54) is 0 Å². The number of hydrogen-bond donors (Lipinski definition) is 0. The van der Waals surface area contributed by atoms with E-state index < -0.39 is 0 Å². The van der Waals surface area contributed by atoms with Crippen molar-refractivity contribution in [3.63, 3.8) is 0 Å². The first-order valence-corrected chi connectivity index (χ1v) is 9.90. The summed E-state index contributed by atoms with van der Waals surface area (Å²) in [5.41, 5.74) is 2.64. The largest absolute Gasteiger partial charge is 0.342 e. The van der Waals surface area contributed by atoms with Gasteiger partial charge in [0.25, 0.3) is 0 Å². The monoisotopic (exact) mass is 378 g/mol. The van der Waals surface area contributed by atoms with Gasteiger partial charge in [-0.2, -0.15) is 0 Å². The number of carbonyl (C=O) groups is 1. The van der Waals surface area contributed by atoms with Crippen LogP contribution in [-0.4, -0.2) is 38.0 Å². The Kier molecular flexibility index (Phi) is 5.03. The smallest absolute Gasteiger partial charge is 0.330 e. The molecule has 0 spiro atoms. The first-order chi connectivity index (χ1) is 13.6. The molecule has 0 bridgehead atoms. The minimum atomic E-state index is -0.123. The maximum Gasteiger partial charge on any atom is 0.330 e. The van der Waals surface area contributed by atoms with Crippen LogP contribution in [0.1, 0.15) is 31.2 Å². The molecule has 1 unspecified atom stereocenters. The Hall–Kier alpha value is -2.89. The van der Waals surface area contributed by atoms with E-state index >= 15 is 0 Å². The second kappa shape index (κ2) is 7.62. The van der Waals surface area contributed by atoms with Gasteiger partial charge in [0, 0.05) is 32.9 Å². The highest BCUT2D eigenvalue weighted by molar-refractivity contribution is 5.83. The molecule has 28 heavy (non-hydrogen) atoms. The topological polar surface area (TPSA) is 60.1 Å². The van der Waals surface area contributed by atoms with E-state index in [-0.39, 0.29) is 17.5 Å². The van der Waals surface area contributed by atoms with Gasteiger partial charge >= 0.3 is 5.69 Å². The van der Waals surface area contributed by atoms with Crippen LogP contribution in [0.15, 0.2) is 53.5 Å². The summed E-state index contributed by atoms with van der Waals surface area (Å²) in [6, 6.07) is 13.7. The third-order valence-corrected chi connectivity index (χ3v) is 5.94. The Bertz CT molecular complexity index is 1030. The molecule has 0 radical (unpaired) electrons. The molecule has 3 aromatic rings. The lowest BCUT2D eigenvalue weighted by Crippen LogP contribution is -2.41. The molecular weight excluding hydrogens is 352 g/mol. The fourth-order valence-corrected chi connectivity index (χ4v) is 4.15. The zero-order valence-electron chi connectivity index (χ0n) is 16.4. The van der Waals surface area contributed by atoms with Crippen LogP contribution in [0, 0.1) is 5.92 Å². The van der Waals surface area contributed by atoms with E-state index in [0.29, 0.717) is 12.5 Å². The molecule has 146 valence electrons. The van der Waals surface area contributed by atoms with Gasteiger partial charge in [0.15, 0.2) is 5.65 Å². The van der Waals surface area contributed by atoms with Gasteiger partial charge in [-0.05, 0) is 43.4 Å². The van der Waals surface area contributed by atoms with Gasteiger partial charge in [0.1, 0.15) is 0 Å². The van der Waals surface area contributed by atoms with Gasteiger partial charge in [0.2, 0.25) is 5.91 Å². The summed E-state index contributed by atoms with van der Waals surface area (Å²) < 4.78 is 3.44. The summed E-state index contributed by atoms with van der Waals surface area (Å²) in [6.45, 7) is 4.12. The molecule has 1 saturated heterocycles. The first-order valence-electron chi connectivity index (χ1n) is 9.90. The molecule has 4 rings (SSSR count). The average molecular weight is 378 g/mol. The minimum Gasteiger partial charge on any atom is -0.342 e. The van der Waals surface area contributed by atoms with Crippen molar-refractivity contribution in [2.45, 2.75) is 32.2 Å². The molecule has 1 amide bonds. The van der Waals surface area contributed by atoms with Crippen molar-refractivity contribution in [2.24, 2.45) is 13.0 Å². The number of benzene rings is 1. The molecule has 2 aromatic heterocycles. The molecule has 6 nitrogen and oxygen atoms in total. The predicted octanol–water partition coefficient (Wildman–Crippen LogP) is 2.78. The van der Waals surface area contributed by atoms with Crippen LogP contribution in [0.5, 0.6) is 0 Å². The van der Waals surface area contributed by atoms with Crippen molar-refractivity contribution in [1.82, 2.24) is 19.0 Å². The SMILES string of the molecule is CC(C(=O)N1CCC(Cn2c(=O)n(C)c3cccnc32)CC1)c1ccccc1. The van der Waals surface area contributed by atoms with Gasteiger partial charge < -0.3 is 4.90 Å². The highest BCUT2D eigenvalue weighted by Gasteiger charge is 2.27. The number of pyridine rings is 1. The number of rotatable bonds is 4. The van der Waals surface area contributed by atoms with E-state index in [1.54, 1.807) is 22.4 Å². The number of amides is 1. The van der Waals surface area contributed by atoms with Crippen molar-refractivity contribution in [1.29, 1.82) is 0 Å². The van der Waals surface area contributed by atoms with Crippen molar-refractivity contribution in [2.75, 3.05) is 13.1 Å². The van der Waals surface area contributed by atoms with E-state index in [1.807, 2.05) is 54.3 Å². The summed E-state index contributed by atoms with van der Waals surface area (Å²) in [7, 11) is 1.79. The highest BCUT2D eigenvalue weighted by atomic mass is 16.2. The van der Waals surface area contributed by atoms with Crippen molar-refractivity contribution < 1.29 is 4.79 Å². The molecule has 6 heteroatoms. The molecule has 1 atom stereocenters. The molecule has 1 aromatic carbocycles. The third-order valence-electron chi connectivity index (χ3n) is 5.94. The summed E-state index contributed by atoms with van der Waals surface area (Å²) >= 11 is 0. The van der Waals surface area contributed by atoms with Crippen LogP contribution in [-0.2, 0) is 18.4 Å². The van der Waals surface area contributed by atoms with Gasteiger partial charge in [0.05, 0.1) is 11.4 Å². The molecule has 1 aliphatic heterocycles. The lowest BCUT2D eigenvalue weighted by Gasteiger charge is -2.33. The lowest BCUT2D eigenvalue weighted by molar-refractivity contribution is -0.133. The normalized spacial score (nSPS) is 16.4. The number of aryl methyl sites for hydroxylation is 1. The van der Waals surface area contributed by atoms with Crippen LogP contribution in [0.4, 0.5) is 0 Å². The van der Waals surface area contributed by atoms with Crippen molar-refractivity contribution in [3.05, 3.63) is 64.7 Å². The van der Waals surface area contributed by atoms with E-state index in [0.717, 1.165) is 42.7 Å². The zero-order valence-corrected chi connectivity index (χ0v) is 16.4. The molecule has 0 aliphatic carbocycles. The van der Waals surface area contributed by atoms with Crippen molar-refractivity contribution in [3.8, 4) is 0 Å². The van der Waals surface area contributed by atoms with E-state index in [2.05, 4.69) is 4.98 Å². The van der Waals surface area contributed by atoms with Crippen LogP contribution in [0.2, 0.25) is 0 Å². The fraction of sp³-hybridized carbons (Fsp3) is 0.409. The number of hydrogen-bond acceptors (Lipinski definition) is 3. The molecule has 0 N–H and O–H groups in total. The standard InChI is InChI=1S/C22H26N4O2/c1-16(18-7-4-3-5-8-18)21(27)25-13-10-17(11-14-25)15-26-20-19(9-6-12-23-20)24(2)22(26)28/h3-9,12,16-17H,10-11,13-15H2,1-2H3. The number of aromatic nitrogens is 3. The van der Waals surface area contributed by atoms with Gasteiger partial charge in [-0.1, -0.05) is 30.3 Å². The number of imidazole rings is 1. The Morgan fingerprint density at radius 1 is 1.14 bits per heavy atom. The second-order valence-corrected chi connectivity index (χ2v) is 7.70. The van der Waals surface area contributed by atoms with Gasteiger partial charge in [-0.25, -0.2) is 9.78 Å². The molecule has 1 aliphatic rings. The number of piperidine rings is 1. The van der Waals surface area contributed by atoms with Crippen LogP contribution < -0.4 is 5.69 Å². The van der Waals surface area contributed by atoms with E-state index in [9.17, 15) is 9.59 Å². The highest BCUT2D eigenvalue weighted by Crippen LogP contribution is 2.24. The summed E-state index contributed by atoms with van der Waals surface area (Å²) in [5.74, 6) is 0.442. The van der Waals surface area contributed by atoms with Crippen LogP contribution in [0.25, 0.3) is 11.2 Å². The summed E-state index contributed by atoms with van der Waals surface area (Å²) in [4.78, 5) is 31.8. The molecular formula is C22H26N4O2.